The second kappa shape index (κ2) is 8.69. The predicted octanol–water partition coefficient (Wildman–Crippen LogP) is 3.97. The Labute approximate surface area is 175 Å². The van der Waals surface area contributed by atoms with Gasteiger partial charge in [0.05, 0.1) is 26.9 Å². The molecule has 0 saturated carbocycles. The molecule has 1 N–H and O–H groups in total. The molecule has 0 radical (unpaired) electrons. The summed E-state index contributed by atoms with van der Waals surface area (Å²) in [4.78, 5) is 14.9. The van der Waals surface area contributed by atoms with Gasteiger partial charge in [-0.3, -0.25) is 4.79 Å². The number of hydrogen-bond acceptors (Lipinski definition) is 4. The lowest BCUT2D eigenvalue weighted by atomic mass is 10.1. The minimum Gasteiger partial charge on any atom is -0.370 e. The van der Waals surface area contributed by atoms with Crippen LogP contribution in [0.1, 0.15) is 29.6 Å². The Morgan fingerprint density at radius 2 is 1.79 bits per heavy atom. The van der Waals surface area contributed by atoms with Gasteiger partial charge in [-0.05, 0) is 55.7 Å². The number of rotatable bonds is 5. The lowest BCUT2D eigenvalue weighted by Crippen LogP contribution is -2.30. The summed E-state index contributed by atoms with van der Waals surface area (Å²) in [6.07, 6.45) is 3.20. The maximum atomic E-state index is 13.9. The predicted molar refractivity (Wildman–Crippen MR) is 113 cm³/mol. The van der Waals surface area contributed by atoms with Gasteiger partial charge in [-0.2, -0.15) is 0 Å². The largest absolute Gasteiger partial charge is 0.370 e. The SMILES string of the molecule is CN(C)S(=O)(=O)c1ccc(Cl)c(C(=O)Nc2cc(F)ccc2N2CCCCC2)c1. The summed E-state index contributed by atoms with van der Waals surface area (Å²) in [7, 11) is -0.920. The molecule has 2 aromatic carbocycles. The Morgan fingerprint density at radius 1 is 1.10 bits per heavy atom. The molecule has 156 valence electrons. The number of amides is 1. The van der Waals surface area contributed by atoms with Crippen LogP contribution in [0.25, 0.3) is 0 Å². The highest BCUT2D eigenvalue weighted by molar-refractivity contribution is 7.89. The highest BCUT2D eigenvalue weighted by Gasteiger charge is 2.22. The van der Waals surface area contributed by atoms with E-state index < -0.39 is 21.7 Å². The zero-order valence-corrected chi connectivity index (χ0v) is 17.9. The second-order valence-electron chi connectivity index (χ2n) is 7.09. The summed E-state index contributed by atoms with van der Waals surface area (Å²) in [6.45, 7) is 1.65. The molecular formula is C20H23ClFN3O3S. The Balaban J connectivity index is 1.94. The molecule has 2 aromatic rings. The molecule has 1 heterocycles. The highest BCUT2D eigenvalue weighted by atomic mass is 35.5. The van der Waals surface area contributed by atoms with Gasteiger partial charge >= 0.3 is 0 Å². The molecule has 0 aliphatic carbocycles. The molecule has 1 aliphatic rings. The molecule has 0 unspecified atom stereocenters. The number of carbonyl (C=O) groups is 1. The smallest absolute Gasteiger partial charge is 0.257 e. The molecule has 1 fully saturated rings. The topological polar surface area (TPSA) is 69.7 Å². The Kier molecular flexibility index (Phi) is 6.45. The zero-order valence-electron chi connectivity index (χ0n) is 16.3. The second-order valence-corrected chi connectivity index (χ2v) is 9.65. The van der Waals surface area contributed by atoms with Gasteiger partial charge in [-0.25, -0.2) is 17.1 Å². The van der Waals surface area contributed by atoms with Gasteiger partial charge in [0.15, 0.2) is 0 Å². The van der Waals surface area contributed by atoms with Gasteiger partial charge in [0.2, 0.25) is 10.0 Å². The zero-order chi connectivity index (χ0) is 21.2. The summed E-state index contributed by atoms with van der Waals surface area (Å²) >= 11 is 6.15. The lowest BCUT2D eigenvalue weighted by Gasteiger charge is -2.30. The van der Waals surface area contributed by atoms with Gasteiger partial charge in [0.25, 0.3) is 5.91 Å². The number of sulfonamides is 1. The fourth-order valence-corrected chi connectivity index (χ4v) is 4.39. The third kappa shape index (κ3) is 4.71. The number of hydrogen-bond donors (Lipinski definition) is 1. The normalized spacial score (nSPS) is 14.9. The van der Waals surface area contributed by atoms with E-state index in [9.17, 15) is 17.6 Å². The molecule has 3 rings (SSSR count). The number of piperidine rings is 1. The summed E-state index contributed by atoms with van der Waals surface area (Å²) in [5.74, 6) is -1.08. The standard InChI is InChI=1S/C20H23ClFN3O3S/c1-24(2)29(27,28)15-7-8-17(21)16(13-15)20(26)23-18-12-14(22)6-9-19(18)25-10-4-3-5-11-25/h6-9,12-13H,3-5,10-11H2,1-2H3,(H,23,26). The minimum absolute atomic E-state index is 0.00319. The van der Waals surface area contributed by atoms with Crippen molar-refractivity contribution in [1.82, 2.24) is 4.31 Å². The van der Waals surface area contributed by atoms with Crippen molar-refractivity contribution >= 4 is 38.9 Å². The van der Waals surface area contributed by atoms with Crippen molar-refractivity contribution in [3.8, 4) is 0 Å². The number of anilines is 2. The fourth-order valence-electron chi connectivity index (χ4n) is 3.26. The number of halogens is 2. The fraction of sp³-hybridized carbons (Fsp3) is 0.350. The summed E-state index contributed by atoms with van der Waals surface area (Å²) in [5.41, 5.74) is 1.06. The van der Waals surface area contributed by atoms with Crippen LogP contribution < -0.4 is 10.2 Å². The quantitative estimate of drug-likeness (QED) is 0.765. The van der Waals surface area contributed by atoms with Crippen LogP contribution >= 0.6 is 11.6 Å². The average molecular weight is 440 g/mol. The van der Waals surface area contributed by atoms with Crippen molar-refractivity contribution in [2.24, 2.45) is 0 Å². The van der Waals surface area contributed by atoms with Crippen LogP contribution in [0.15, 0.2) is 41.3 Å². The van der Waals surface area contributed by atoms with E-state index in [4.69, 9.17) is 11.6 Å². The first-order valence-electron chi connectivity index (χ1n) is 9.28. The summed E-state index contributed by atoms with van der Waals surface area (Å²) in [5, 5.41) is 2.81. The van der Waals surface area contributed by atoms with Crippen LogP contribution in [0.2, 0.25) is 5.02 Å². The van der Waals surface area contributed by atoms with Gasteiger partial charge in [0, 0.05) is 27.2 Å². The van der Waals surface area contributed by atoms with Crippen LogP contribution in [0.4, 0.5) is 15.8 Å². The van der Waals surface area contributed by atoms with E-state index in [2.05, 4.69) is 10.2 Å². The first-order valence-corrected chi connectivity index (χ1v) is 11.1. The summed E-state index contributed by atoms with van der Waals surface area (Å²) in [6, 6.07) is 8.20. The molecule has 0 atom stereocenters. The van der Waals surface area contributed by atoms with E-state index in [1.807, 2.05) is 0 Å². The molecule has 1 aliphatic heterocycles. The van der Waals surface area contributed by atoms with Gasteiger partial charge in [0.1, 0.15) is 5.82 Å². The number of carbonyl (C=O) groups excluding carboxylic acids is 1. The molecule has 9 heteroatoms. The van der Waals surface area contributed by atoms with Gasteiger partial charge < -0.3 is 10.2 Å². The Morgan fingerprint density at radius 3 is 2.45 bits per heavy atom. The Hall–Kier alpha value is -2.16. The molecule has 0 aromatic heterocycles. The molecule has 1 saturated heterocycles. The van der Waals surface area contributed by atoms with Crippen LogP contribution in [-0.2, 0) is 10.0 Å². The maximum Gasteiger partial charge on any atom is 0.257 e. The van der Waals surface area contributed by atoms with Crippen molar-refractivity contribution in [3.05, 3.63) is 52.8 Å². The molecule has 29 heavy (non-hydrogen) atoms. The number of nitrogens with zero attached hydrogens (tertiary/aromatic N) is 2. The molecule has 0 spiro atoms. The number of nitrogens with one attached hydrogen (secondary N) is 1. The first kappa shape index (κ1) is 21.5. The van der Waals surface area contributed by atoms with Gasteiger partial charge in [-0.1, -0.05) is 11.6 Å². The monoisotopic (exact) mass is 439 g/mol. The maximum absolute atomic E-state index is 13.9. The van der Waals surface area contributed by atoms with Crippen LogP contribution in [0.3, 0.4) is 0 Å². The molecule has 1 amide bonds. The van der Waals surface area contributed by atoms with E-state index in [-0.39, 0.29) is 15.5 Å². The number of benzene rings is 2. The van der Waals surface area contributed by atoms with Crippen molar-refractivity contribution in [1.29, 1.82) is 0 Å². The highest BCUT2D eigenvalue weighted by Crippen LogP contribution is 2.31. The van der Waals surface area contributed by atoms with Crippen LogP contribution in [0, 0.1) is 5.82 Å². The van der Waals surface area contributed by atoms with Crippen molar-refractivity contribution in [2.75, 3.05) is 37.4 Å². The van der Waals surface area contributed by atoms with Crippen molar-refractivity contribution in [3.63, 3.8) is 0 Å². The minimum atomic E-state index is -3.73. The molecule has 6 nitrogen and oxygen atoms in total. The van der Waals surface area contributed by atoms with Crippen LogP contribution in [0.5, 0.6) is 0 Å². The lowest BCUT2D eigenvalue weighted by molar-refractivity contribution is 0.102. The van der Waals surface area contributed by atoms with E-state index in [1.54, 1.807) is 6.07 Å². The van der Waals surface area contributed by atoms with Crippen molar-refractivity contribution in [2.45, 2.75) is 24.2 Å². The molecule has 0 bridgehead atoms. The molecular weight excluding hydrogens is 417 g/mol. The van der Waals surface area contributed by atoms with E-state index >= 15 is 0 Å². The van der Waals surface area contributed by atoms with Gasteiger partial charge in [-0.15, -0.1) is 0 Å². The van der Waals surface area contributed by atoms with E-state index in [1.165, 1.54) is 44.4 Å². The Bertz CT molecular complexity index is 1020. The first-order chi connectivity index (χ1) is 13.7. The third-order valence-corrected chi connectivity index (χ3v) is 7.01. The summed E-state index contributed by atoms with van der Waals surface area (Å²) < 4.78 is 39.7. The average Bonchev–Trinajstić information content (AvgIpc) is 2.68. The third-order valence-electron chi connectivity index (χ3n) is 4.86. The van der Waals surface area contributed by atoms with E-state index in [0.717, 1.165) is 42.3 Å². The van der Waals surface area contributed by atoms with Crippen molar-refractivity contribution < 1.29 is 17.6 Å². The van der Waals surface area contributed by atoms with Crippen LogP contribution in [-0.4, -0.2) is 45.8 Å². The van der Waals surface area contributed by atoms with E-state index in [0.29, 0.717) is 5.69 Å².